The summed E-state index contributed by atoms with van der Waals surface area (Å²) in [5.74, 6) is 1.78. The number of hydrogen-bond donors (Lipinski definition) is 0. The predicted octanol–water partition coefficient (Wildman–Crippen LogP) is 3.84. The second-order valence-electron chi connectivity index (χ2n) is 7.27. The molecule has 0 atom stereocenters. The van der Waals surface area contributed by atoms with Crippen LogP contribution in [0.15, 0.2) is 36.5 Å². The number of carbonyl (C=O) groups excluding carboxylic acids is 1. The van der Waals surface area contributed by atoms with Crippen molar-refractivity contribution in [2.24, 2.45) is 0 Å². The molecule has 1 amide bonds. The van der Waals surface area contributed by atoms with E-state index in [1.165, 1.54) is 5.56 Å². The van der Waals surface area contributed by atoms with Crippen molar-refractivity contribution >= 4 is 11.7 Å². The molecule has 0 saturated carbocycles. The Morgan fingerprint density at radius 2 is 2.00 bits per heavy atom. The molecular formula is C22H29N3O2. The van der Waals surface area contributed by atoms with Crippen molar-refractivity contribution in [1.82, 2.24) is 9.88 Å². The maximum atomic E-state index is 12.8. The van der Waals surface area contributed by atoms with Gasteiger partial charge in [-0.25, -0.2) is 4.98 Å². The first-order valence-electron chi connectivity index (χ1n) is 9.72. The number of amides is 1. The smallest absolute Gasteiger partial charge is 0.257 e. The van der Waals surface area contributed by atoms with E-state index in [9.17, 15) is 4.79 Å². The molecule has 0 aliphatic carbocycles. The summed E-state index contributed by atoms with van der Waals surface area (Å²) in [7, 11) is 1.99. The third-order valence-electron chi connectivity index (χ3n) is 5.00. The van der Waals surface area contributed by atoms with Crippen molar-refractivity contribution in [2.75, 3.05) is 38.2 Å². The van der Waals surface area contributed by atoms with E-state index in [2.05, 4.69) is 35.9 Å². The number of carbonyl (C=O) groups is 1. The molecule has 0 N–H and O–H groups in total. The van der Waals surface area contributed by atoms with Gasteiger partial charge in [0, 0.05) is 32.9 Å². The lowest BCUT2D eigenvalue weighted by molar-refractivity contribution is 0.0793. The Morgan fingerprint density at radius 1 is 1.22 bits per heavy atom. The standard InChI is InChI=1S/C22H29N3O2/c1-17-9-10-20(18(2)16-17)27-15-7-12-24(3)21-19(8-6-11-23-21)22(26)25-13-4-5-14-25/h6,8-11,16H,4-5,7,12-15H2,1-3H3. The molecule has 2 heterocycles. The molecule has 1 aliphatic rings. The van der Waals surface area contributed by atoms with E-state index in [0.29, 0.717) is 12.2 Å². The maximum Gasteiger partial charge on any atom is 0.257 e. The highest BCUT2D eigenvalue weighted by atomic mass is 16.5. The lowest BCUT2D eigenvalue weighted by Crippen LogP contribution is -2.31. The molecule has 5 nitrogen and oxygen atoms in total. The molecule has 0 unspecified atom stereocenters. The second kappa shape index (κ2) is 8.89. The fourth-order valence-electron chi connectivity index (χ4n) is 3.51. The molecule has 1 fully saturated rings. The summed E-state index contributed by atoms with van der Waals surface area (Å²) in [6, 6.07) is 9.94. The Bertz CT molecular complexity index is 785. The fraction of sp³-hybridized carbons (Fsp3) is 0.455. The third kappa shape index (κ3) is 4.79. The first-order valence-corrected chi connectivity index (χ1v) is 9.72. The number of nitrogens with zero attached hydrogens (tertiary/aromatic N) is 3. The lowest BCUT2D eigenvalue weighted by Gasteiger charge is -2.23. The van der Waals surface area contributed by atoms with Gasteiger partial charge >= 0.3 is 0 Å². The predicted molar refractivity (Wildman–Crippen MR) is 109 cm³/mol. The van der Waals surface area contributed by atoms with E-state index < -0.39 is 0 Å². The topological polar surface area (TPSA) is 45.7 Å². The number of aromatic nitrogens is 1. The van der Waals surface area contributed by atoms with E-state index in [-0.39, 0.29) is 5.91 Å². The van der Waals surface area contributed by atoms with Crippen LogP contribution in [0.2, 0.25) is 0 Å². The molecule has 1 aromatic heterocycles. The van der Waals surface area contributed by atoms with Crippen LogP contribution in [0, 0.1) is 13.8 Å². The molecule has 2 aromatic rings. The number of hydrogen-bond acceptors (Lipinski definition) is 4. The number of benzene rings is 1. The summed E-state index contributed by atoms with van der Waals surface area (Å²) >= 11 is 0. The quantitative estimate of drug-likeness (QED) is 0.698. The Kier molecular flexibility index (Phi) is 6.32. The third-order valence-corrected chi connectivity index (χ3v) is 5.00. The largest absolute Gasteiger partial charge is 0.493 e. The van der Waals surface area contributed by atoms with Crippen LogP contribution in [-0.4, -0.2) is 49.1 Å². The summed E-state index contributed by atoms with van der Waals surface area (Å²) in [5.41, 5.74) is 3.09. The van der Waals surface area contributed by atoms with Crippen molar-refractivity contribution in [3.63, 3.8) is 0 Å². The van der Waals surface area contributed by atoms with Gasteiger partial charge in [0.15, 0.2) is 0 Å². The van der Waals surface area contributed by atoms with Crippen molar-refractivity contribution in [1.29, 1.82) is 0 Å². The van der Waals surface area contributed by atoms with E-state index in [0.717, 1.165) is 56.0 Å². The van der Waals surface area contributed by atoms with Gasteiger partial charge < -0.3 is 14.5 Å². The Morgan fingerprint density at radius 3 is 2.74 bits per heavy atom. The van der Waals surface area contributed by atoms with Gasteiger partial charge in [-0.1, -0.05) is 17.7 Å². The molecule has 1 saturated heterocycles. The molecule has 1 aromatic carbocycles. The molecule has 0 spiro atoms. The van der Waals surface area contributed by atoms with Gasteiger partial charge in [0.1, 0.15) is 11.6 Å². The van der Waals surface area contributed by atoms with Gasteiger partial charge in [-0.15, -0.1) is 0 Å². The minimum Gasteiger partial charge on any atom is -0.493 e. The fourth-order valence-corrected chi connectivity index (χ4v) is 3.51. The second-order valence-corrected chi connectivity index (χ2v) is 7.27. The van der Waals surface area contributed by atoms with Crippen LogP contribution in [0.1, 0.15) is 40.7 Å². The molecule has 0 radical (unpaired) electrons. The van der Waals surface area contributed by atoms with Gasteiger partial charge in [-0.05, 0) is 56.9 Å². The van der Waals surface area contributed by atoms with Crippen molar-refractivity contribution < 1.29 is 9.53 Å². The van der Waals surface area contributed by atoms with Gasteiger partial charge in [-0.3, -0.25) is 4.79 Å². The SMILES string of the molecule is Cc1ccc(OCCCN(C)c2ncccc2C(=O)N2CCCC2)c(C)c1. The van der Waals surface area contributed by atoms with Crippen molar-refractivity contribution in [3.05, 3.63) is 53.2 Å². The number of anilines is 1. The van der Waals surface area contributed by atoms with Crippen LogP contribution in [0.25, 0.3) is 0 Å². The molecule has 27 heavy (non-hydrogen) atoms. The number of pyridine rings is 1. The van der Waals surface area contributed by atoms with Crippen LogP contribution in [0.3, 0.4) is 0 Å². The van der Waals surface area contributed by atoms with Gasteiger partial charge in [0.25, 0.3) is 5.91 Å². The van der Waals surface area contributed by atoms with Crippen molar-refractivity contribution in [3.8, 4) is 5.75 Å². The Labute approximate surface area is 162 Å². The Balaban J connectivity index is 1.56. The van der Waals surface area contributed by atoms with Crippen LogP contribution in [0.5, 0.6) is 5.75 Å². The number of likely N-dealkylation sites (tertiary alicyclic amines) is 1. The van der Waals surface area contributed by atoms with E-state index in [1.54, 1.807) is 6.20 Å². The molecule has 3 rings (SSSR count). The van der Waals surface area contributed by atoms with Crippen LogP contribution in [-0.2, 0) is 0 Å². The molecule has 1 aliphatic heterocycles. The molecule has 0 bridgehead atoms. The summed E-state index contributed by atoms with van der Waals surface area (Å²) in [4.78, 5) is 21.2. The minimum atomic E-state index is 0.0916. The van der Waals surface area contributed by atoms with Gasteiger partial charge in [0.05, 0.1) is 12.2 Å². The average molecular weight is 367 g/mol. The number of aryl methyl sites for hydroxylation is 2. The maximum absolute atomic E-state index is 12.8. The highest BCUT2D eigenvalue weighted by Crippen LogP contribution is 2.21. The van der Waals surface area contributed by atoms with E-state index in [4.69, 9.17) is 4.74 Å². The van der Waals surface area contributed by atoms with Gasteiger partial charge in [-0.2, -0.15) is 0 Å². The van der Waals surface area contributed by atoms with E-state index >= 15 is 0 Å². The van der Waals surface area contributed by atoms with Crippen molar-refractivity contribution in [2.45, 2.75) is 33.1 Å². The summed E-state index contributed by atoms with van der Waals surface area (Å²) in [5, 5.41) is 0. The lowest BCUT2D eigenvalue weighted by atomic mass is 10.1. The van der Waals surface area contributed by atoms with Crippen LogP contribution >= 0.6 is 0 Å². The van der Waals surface area contributed by atoms with Crippen LogP contribution in [0.4, 0.5) is 5.82 Å². The minimum absolute atomic E-state index is 0.0916. The first-order chi connectivity index (χ1) is 13.1. The zero-order valence-electron chi connectivity index (χ0n) is 16.6. The van der Waals surface area contributed by atoms with Gasteiger partial charge in [0.2, 0.25) is 0 Å². The average Bonchev–Trinajstić information content (AvgIpc) is 3.20. The number of ether oxygens (including phenoxy) is 1. The summed E-state index contributed by atoms with van der Waals surface area (Å²) in [6.45, 7) is 7.26. The normalized spacial score (nSPS) is 13.7. The highest BCUT2D eigenvalue weighted by molar-refractivity contribution is 5.99. The van der Waals surface area contributed by atoms with E-state index in [1.807, 2.05) is 30.1 Å². The molecular weight excluding hydrogens is 338 g/mol. The molecule has 144 valence electrons. The zero-order valence-corrected chi connectivity index (χ0v) is 16.6. The molecule has 5 heteroatoms. The number of rotatable bonds is 7. The monoisotopic (exact) mass is 367 g/mol. The van der Waals surface area contributed by atoms with Crippen LogP contribution < -0.4 is 9.64 Å². The first kappa shape index (κ1) is 19.2. The zero-order chi connectivity index (χ0) is 19.2. The highest BCUT2D eigenvalue weighted by Gasteiger charge is 2.23. The summed E-state index contributed by atoms with van der Waals surface area (Å²) in [6.07, 6.45) is 4.79. The summed E-state index contributed by atoms with van der Waals surface area (Å²) < 4.78 is 5.91. The Hall–Kier alpha value is -2.56.